The van der Waals surface area contributed by atoms with Crippen LogP contribution in [0.4, 0.5) is 0 Å². The maximum atomic E-state index is 11.1. The van der Waals surface area contributed by atoms with Gasteiger partial charge in [-0.05, 0) is 69.1 Å². The summed E-state index contributed by atoms with van der Waals surface area (Å²) < 4.78 is 4.80. The van der Waals surface area contributed by atoms with E-state index in [0.717, 1.165) is 6.08 Å². The van der Waals surface area contributed by atoms with Crippen LogP contribution in [0.5, 0.6) is 11.5 Å². The van der Waals surface area contributed by atoms with E-state index in [1.165, 1.54) is 160 Å². The van der Waals surface area contributed by atoms with Crippen LogP contribution in [0.1, 0.15) is 187 Å². The molecule has 0 aliphatic carbocycles. The molecule has 1 N–H and O–H groups in total. The van der Waals surface area contributed by atoms with E-state index in [1.807, 2.05) is 0 Å². The zero-order valence-electron chi connectivity index (χ0n) is 31.8. The van der Waals surface area contributed by atoms with E-state index in [9.17, 15) is 9.90 Å². The lowest BCUT2D eigenvalue weighted by molar-refractivity contribution is -0.270. The van der Waals surface area contributed by atoms with Crippen molar-refractivity contribution in [3.8, 4) is 11.5 Å². The average molecular weight is 677 g/mol. The number of carboxylic acid groups (broad SMARTS) is 1. The van der Waals surface area contributed by atoms with Crippen molar-refractivity contribution in [1.29, 1.82) is 0 Å². The minimum atomic E-state index is -1.03. The third-order valence-corrected chi connectivity index (χ3v) is 14.6. The van der Waals surface area contributed by atoms with Crippen molar-refractivity contribution < 1.29 is 19.7 Å². The summed E-state index contributed by atoms with van der Waals surface area (Å²) in [4.78, 5) is 10.2. The van der Waals surface area contributed by atoms with Crippen molar-refractivity contribution >= 4 is 19.3 Å². The van der Waals surface area contributed by atoms with Crippen LogP contribution in [0.2, 0.25) is 0 Å². The zero-order valence-corrected chi connectivity index (χ0v) is 32.7. The molecular weight excluding hydrogens is 599 g/mol. The van der Waals surface area contributed by atoms with Gasteiger partial charge in [0.25, 0.3) is 0 Å². The lowest BCUT2D eigenvalue weighted by Gasteiger charge is -2.28. The number of benzene rings is 1. The Morgan fingerprint density at radius 3 is 1.30 bits per heavy atom. The van der Waals surface area contributed by atoms with Crippen LogP contribution < -0.4 is 9.84 Å². The standard InChI is InChI=1S/C32H68P.C10H10O4/c1-5-9-13-17-18-19-20-21-22-23-24-28-32-33(29-25-14-10-6-2,30-26-15-11-7-3)31-27-16-12-8-4;1-14-9-6-7(2-4-8(9)11)3-5-10(12)13/h5-32H2,1-4H3;2-6,11H,1H3,(H,12,13)/q+1;/p-1. The maximum absolute atomic E-state index is 11.1. The summed E-state index contributed by atoms with van der Waals surface area (Å²) in [6.45, 7) is 9.41. The molecule has 0 saturated carbocycles. The molecule has 5 heteroatoms. The van der Waals surface area contributed by atoms with Gasteiger partial charge in [-0.15, -0.1) is 0 Å². The fourth-order valence-electron chi connectivity index (χ4n) is 6.54. The first kappa shape index (κ1) is 45.5. The Labute approximate surface area is 293 Å². The molecule has 0 saturated heterocycles. The number of methoxy groups -OCH3 is 1. The number of unbranched alkanes of at least 4 members (excludes halogenated alkanes) is 20. The summed E-state index contributed by atoms with van der Waals surface area (Å²) in [6.07, 6.45) is 44.5. The largest absolute Gasteiger partial charge is 0.870 e. The zero-order chi connectivity index (χ0) is 34.9. The van der Waals surface area contributed by atoms with E-state index in [2.05, 4.69) is 27.7 Å². The quantitative estimate of drug-likeness (QED) is 0.0483. The van der Waals surface area contributed by atoms with Crippen LogP contribution in [-0.4, -0.2) is 42.8 Å². The van der Waals surface area contributed by atoms with Gasteiger partial charge in [-0.2, -0.15) is 0 Å². The topological polar surface area (TPSA) is 69.6 Å². The minimum absolute atomic E-state index is 0.206. The molecule has 47 heavy (non-hydrogen) atoms. The van der Waals surface area contributed by atoms with E-state index in [0.29, 0.717) is 5.56 Å². The molecule has 0 spiro atoms. The molecule has 274 valence electrons. The minimum Gasteiger partial charge on any atom is -0.870 e. The van der Waals surface area contributed by atoms with Crippen molar-refractivity contribution in [1.82, 2.24) is 0 Å². The highest BCUT2D eigenvalue weighted by Gasteiger charge is 2.34. The maximum Gasteiger partial charge on any atom is 0.328 e. The van der Waals surface area contributed by atoms with Crippen LogP contribution in [-0.2, 0) is 4.79 Å². The van der Waals surface area contributed by atoms with E-state index < -0.39 is 13.2 Å². The molecule has 0 bridgehead atoms. The number of aliphatic carboxylic acids is 1. The van der Waals surface area contributed by atoms with Crippen LogP contribution in [0.3, 0.4) is 0 Å². The van der Waals surface area contributed by atoms with Crippen LogP contribution in [0, 0.1) is 0 Å². The van der Waals surface area contributed by atoms with Crippen molar-refractivity contribution in [2.75, 3.05) is 31.8 Å². The fourth-order valence-corrected chi connectivity index (χ4v) is 11.5. The number of carbonyl (C=O) groups is 1. The monoisotopic (exact) mass is 677 g/mol. The summed E-state index contributed by atoms with van der Waals surface area (Å²) in [7, 11) is 0.694. The molecule has 0 aliphatic heterocycles. The predicted octanol–water partition coefficient (Wildman–Crippen LogP) is 13.3. The SMILES string of the molecule is CCCCCCCCCCCCCC[P+](CCCCCC)(CCCCCC)CCCCCC.COc1cc(C=CC(=O)O)ccc1[O-]. The molecule has 4 nitrogen and oxygen atoms in total. The number of ether oxygens (including phenoxy) is 1. The molecule has 0 heterocycles. The van der Waals surface area contributed by atoms with Gasteiger partial charge in [-0.1, -0.05) is 148 Å². The Balaban J connectivity index is 0.00000125. The first-order valence-corrected chi connectivity index (χ1v) is 22.5. The second-order valence-electron chi connectivity index (χ2n) is 13.9. The molecule has 0 fully saturated rings. The van der Waals surface area contributed by atoms with E-state index >= 15 is 0 Å². The molecule has 0 aromatic heterocycles. The van der Waals surface area contributed by atoms with Crippen LogP contribution >= 0.6 is 7.26 Å². The van der Waals surface area contributed by atoms with Crippen molar-refractivity contribution in [2.24, 2.45) is 0 Å². The van der Waals surface area contributed by atoms with Crippen LogP contribution in [0.15, 0.2) is 24.3 Å². The predicted molar refractivity (Wildman–Crippen MR) is 209 cm³/mol. The normalized spacial score (nSPS) is 11.5. The number of rotatable bonds is 31. The molecule has 1 aromatic rings. The third-order valence-electron chi connectivity index (χ3n) is 9.55. The fraction of sp³-hybridized carbons (Fsp3) is 0.786. The summed E-state index contributed by atoms with van der Waals surface area (Å²) in [5.41, 5.74) is 0.615. The first-order valence-electron chi connectivity index (χ1n) is 20.0. The average Bonchev–Trinajstić information content (AvgIpc) is 3.07. The molecule has 0 unspecified atom stereocenters. The van der Waals surface area contributed by atoms with E-state index in [4.69, 9.17) is 9.84 Å². The van der Waals surface area contributed by atoms with Crippen molar-refractivity contribution in [2.45, 2.75) is 182 Å². The van der Waals surface area contributed by atoms with Gasteiger partial charge in [-0.3, -0.25) is 0 Å². The second-order valence-corrected chi connectivity index (χ2v) is 18.4. The van der Waals surface area contributed by atoms with Crippen molar-refractivity contribution in [3.63, 3.8) is 0 Å². The Kier molecular flexibility index (Phi) is 31.9. The molecule has 0 radical (unpaired) electrons. The van der Waals surface area contributed by atoms with Crippen molar-refractivity contribution in [3.05, 3.63) is 29.8 Å². The summed E-state index contributed by atoms with van der Waals surface area (Å²) >= 11 is 0. The Morgan fingerprint density at radius 2 is 0.957 bits per heavy atom. The smallest absolute Gasteiger partial charge is 0.328 e. The van der Waals surface area contributed by atoms with Gasteiger partial charge in [0.05, 0.1) is 31.8 Å². The van der Waals surface area contributed by atoms with Gasteiger partial charge in [0, 0.05) is 13.3 Å². The van der Waals surface area contributed by atoms with E-state index in [-0.39, 0.29) is 11.5 Å². The van der Waals surface area contributed by atoms with Gasteiger partial charge >= 0.3 is 5.97 Å². The summed E-state index contributed by atoms with van der Waals surface area (Å²) in [5.74, 6) is -1.05. The van der Waals surface area contributed by atoms with Gasteiger partial charge < -0.3 is 14.9 Å². The second kappa shape index (κ2) is 33.0. The number of hydrogen-bond donors (Lipinski definition) is 1. The molecular formula is C42H77O4P. The summed E-state index contributed by atoms with van der Waals surface area (Å²) in [5, 5.41) is 19.5. The van der Waals surface area contributed by atoms with Gasteiger partial charge in [-0.25, -0.2) is 4.79 Å². The molecule has 0 aliphatic rings. The first-order chi connectivity index (χ1) is 22.9. The Bertz CT molecular complexity index is 837. The molecule has 0 amide bonds. The van der Waals surface area contributed by atoms with Gasteiger partial charge in [0.15, 0.2) is 0 Å². The highest BCUT2D eigenvalue weighted by atomic mass is 31.2. The molecule has 1 aromatic carbocycles. The number of carboxylic acids is 1. The lowest BCUT2D eigenvalue weighted by Crippen LogP contribution is -2.13. The van der Waals surface area contributed by atoms with Gasteiger partial charge in [0.2, 0.25) is 0 Å². The van der Waals surface area contributed by atoms with Gasteiger partial charge in [0.1, 0.15) is 5.75 Å². The Hall–Kier alpha value is -1.54. The lowest BCUT2D eigenvalue weighted by atomic mass is 10.1. The summed E-state index contributed by atoms with van der Waals surface area (Å²) in [6, 6.07) is 4.35. The highest BCUT2D eigenvalue weighted by Crippen LogP contribution is 2.61. The highest BCUT2D eigenvalue weighted by molar-refractivity contribution is 7.75. The van der Waals surface area contributed by atoms with E-state index in [1.54, 1.807) is 50.3 Å². The number of hydrogen-bond acceptors (Lipinski definition) is 3. The third kappa shape index (κ3) is 27.0. The molecule has 0 atom stereocenters. The molecule has 1 rings (SSSR count). The van der Waals surface area contributed by atoms with Crippen LogP contribution in [0.25, 0.3) is 6.08 Å². The Morgan fingerprint density at radius 1 is 0.617 bits per heavy atom.